The first-order chi connectivity index (χ1) is 6.86. The predicted octanol–water partition coefficient (Wildman–Crippen LogP) is 0.805. The lowest BCUT2D eigenvalue weighted by atomic mass is 10.3. The minimum atomic E-state index is -3.41. The van der Waals surface area contributed by atoms with Gasteiger partial charge in [0.25, 0.3) is 0 Å². The zero-order valence-corrected chi connectivity index (χ0v) is 10.3. The van der Waals surface area contributed by atoms with Crippen molar-refractivity contribution in [2.24, 2.45) is 7.05 Å². The monoisotopic (exact) mass is 231 g/mol. The van der Waals surface area contributed by atoms with E-state index in [1.165, 1.54) is 10.9 Å². The zero-order chi connectivity index (χ0) is 11.6. The van der Waals surface area contributed by atoms with E-state index in [0.717, 1.165) is 6.42 Å². The molecule has 15 heavy (non-hydrogen) atoms. The molecule has 1 aromatic heterocycles. The van der Waals surface area contributed by atoms with Gasteiger partial charge in [0, 0.05) is 19.3 Å². The molecule has 0 saturated heterocycles. The molecule has 1 heterocycles. The number of hydrogen-bond donors (Lipinski definition) is 1. The van der Waals surface area contributed by atoms with Crippen LogP contribution in [0.1, 0.15) is 26.0 Å². The summed E-state index contributed by atoms with van der Waals surface area (Å²) in [6.45, 7) is 5.46. The Labute approximate surface area is 90.5 Å². The third-order valence-electron chi connectivity index (χ3n) is 2.23. The van der Waals surface area contributed by atoms with Crippen molar-refractivity contribution in [3.63, 3.8) is 0 Å². The molecule has 0 fully saturated rings. The van der Waals surface area contributed by atoms with Gasteiger partial charge in [-0.15, -0.1) is 0 Å². The topological polar surface area (TPSA) is 64.0 Å². The summed E-state index contributed by atoms with van der Waals surface area (Å²) in [6.07, 6.45) is 2.28. The first-order valence-electron chi connectivity index (χ1n) is 4.89. The minimum absolute atomic E-state index is 0.0605. The average Bonchev–Trinajstić information content (AvgIpc) is 2.45. The molecule has 6 heteroatoms. The van der Waals surface area contributed by atoms with E-state index in [1.807, 2.05) is 13.8 Å². The van der Waals surface area contributed by atoms with E-state index >= 15 is 0 Å². The average molecular weight is 231 g/mol. The van der Waals surface area contributed by atoms with Gasteiger partial charge < -0.3 is 0 Å². The van der Waals surface area contributed by atoms with Gasteiger partial charge in [0.1, 0.15) is 4.90 Å². The summed E-state index contributed by atoms with van der Waals surface area (Å²) in [7, 11) is -1.71. The molecule has 0 amide bonds. The van der Waals surface area contributed by atoms with Crippen LogP contribution in [0.25, 0.3) is 0 Å². The van der Waals surface area contributed by atoms with Crippen molar-refractivity contribution in [2.75, 3.05) is 0 Å². The third-order valence-corrected chi connectivity index (χ3v) is 3.92. The molecule has 0 saturated carbocycles. The third kappa shape index (κ3) is 2.79. The van der Waals surface area contributed by atoms with E-state index < -0.39 is 10.0 Å². The molecule has 86 valence electrons. The lowest BCUT2D eigenvalue weighted by molar-refractivity contribution is 0.555. The van der Waals surface area contributed by atoms with E-state index in [9.17, 15) is 8.42 Å². The van der Waals surface area contributed by atoms with Gasteiger partial charge >= 0.3 is 0 Å². The Balaban J connectivity index is 3.01. The van der Waals surface area contributed by atoms with Crippen LogP contribution in [0.3, 0.4) is 0 Å². The van der Waals surface area contributed by atoms with Crippen molar-refractivity contribution < 1.29 is 8.42 Å². The molecule has 0 aromatic carbocycles. The van der Waals surface area contributed by atoms with Crippen molar-refractivity contribution in [3.05, 3.63) is 11.9 Å². The van der Waals surface area contributed by atoms with Gasteiger partial charge in [0.05, 0.1) is 5.69 Å². The van der Waals surface area contributed by atoms with Crippen LogP contribution < -0.4 is 4.72 Å². The number of rotatable bonds is 4. The Morgan fingerprint density at radius 3 is 2.60 bits per heavy atom. The fourth-order valence-corrected chi connectivity index (χ4v) is 2.80. The van der Waals surface area contributed by atoms with Gasteiger partial charge in [0.2, 0.25) is 10.0 Å². The van der Waals surface area contributed by atoms with E-state index in [1.54, 1.807) is 14.0 Å². The Hall–Kier alpha value is -0.880. The highest BCUT2D eigenvalue weighted by Gasteiger charge is 2.21. The molecule has 1 unspecified atom stereocenters. The fraction of sp³-hybridized carbons (Fsp3) is 0.667. The minimum Gasteiger partial charge on any atom is -0.274 e. The number of sulfonamides is 1. The molecule has 1 N–H and O–H groups in total. The van der Waals surface area contributed by atoms with Gasteiger partial charge in [0.15, 0.2) is 0 Å². The molecule has 0 radical (unpaired) electrons. The summed E-state index contributed by atoms with van der Waals surface area (Å²) >= 11 is 0. The molecule has 0 bridgehead atoms. The highest BCUT2D eigenvalue weighted by Crippen LogP contribution is 2.13. The van der Waals surface area contributed by atoms with Gasteiger partial charge in [-0.1, -0.05) is 6.92 Å². The standard InChI is InChI=1S/C9H17N3O2S/c1-5-7(2)11-15(13,14)9-6-12(4)10-8(9)3/h6-7,11H,5H2,1-4H3. The molecular weight excluding hydrogens is 214 g/mol. The Morgan fingerprint density at radius 2 is 2.20 bits per heavy atom. The molecule has 1 rings (SSSR count). The van der Waals surface area contributed by atoms with Crippen molar-refractivity contribution in [2.45, 2.75) is 38.1 Å². The molecule has 0 spiro atoms. The van der Waals surface area contributed by atoms with Gasteiger partial charge in [-0.3, -0.25) is 4.68 Å². The normalized spacial score (nSPS) is 14.1. The number of nitrogens with one attached hydrogen (secondary N) is 1. The highest BCUT2D eigenvalue weighted by atomic mass is 32.2. The maximum atomic E-state index is 11.9. The van der Waals surface area contributed by atoms with Crippen LogP contribution >= 0.6 is 0 Å². The molecular formula is C9H17N3O2S. The van der Waals surface area contributed by atoms with E-state index in [4.69, 9.17) is 0 Å². The molecule has 0 aliphatic carbocycles. The SMILES string of the molecule is CCC(C)NS(=O)(=O)c1cn(C)nc1C. The smallest absolute Gasteiger partial charge is 0.244 e. The van der Waals surface area contributed by atoms with Gasteiger partial charge in [-0.2, -0.15) is 5.10 Å². The molecule has 1 aromatic rings. The maximum absolute atomic E-state index is 11.9. The van der Waals surface area contributed by atoms with Gasteiger partial charge in [-0.25, -0.2) is 13.1 Å². The lowest BCUT2D eigenvalue weighted by Crippen LogP contribution is -2.32. The number of aryl methyl sites for hydroxylation is 2. The molecule has 0 aliphatic rings. The van der Waals surface area contributed by atoms with E-state index in [2.05, 4.69) is 9.82 Å². The van der Waals surface area contributed by atoms with Gasteiger partial charge in [-0.05, 0) is 20.3 Å². The second-order valence-electron chi connectivity index (χ2n) is 3.68. The largest absolute Gasteiger partial charge is 0.274 e. The Bertz CT molecular complexity index is 436. The van der Waals surface area contributed by atoms with Crippen LogP contribution in [0.15, 0.2) is 11.1 Å². The number of aromatic nitrogens is 2. The summed E-state index contributed by atoms with van der Waals surface area (Å²) in [5.41, 5.74) is 0.522. The summed E-state index contributed by atoms with van der Waals surface area (Å²) in [4.78, 5) is 0.255. The lowest BCUT2D eigenvalue weighted by Gasteiger charge is -2.10. The first-order valence-corrected chi connectivity index (χ1v) is 6.37. The summed E-state index contributed by atoms with van der Waals surface area (Å²) in [5, 5.41) is 4.01. The number of nitrogens with zero attached hydrogens (tertiary/aromatic N) is 2. The van der Waals surface area contributed by atoms with E-state index in [0.29, 0.717) is 5.69 Å². The van der Waals surface area contributed by atoms with Crippen LogP contribution in [0.2, 0.25) is 0 Å². The maximum Gasteiger partial charge on any atom is 0.244 e. The molecule has 5 nitrogen and oxygen atoms in total. The van der Waals surface area contributed by atoms with Crippen LogP contribution in [0.4, 0.5) is 0 Å². The summed E-state index contributed by atoms with van der Waals surface area (Å²) in [5.74, 6) is 0. The van der Waals surface area contributed by atoms with Crippen LogP contribution in [0, 0.1) is 6.92 Å². The van der Waals surface area contributed by atoms with Crippen molar-refractivity contribution >= 4 is 10.0 Å². The highest BCUT2D eigenvalue weighted by molar-refractivity contribution is 7.89. The van der Waals surface area contributed by atoms with Crippen LogP contribution in [-0.4, -0.2) is 24.2 Å². The van der Waals surface area contributed by atoms with Crippen LogP contribution in [-0.2, 0) is 17.1 Å². The summed E-state index contributed by atoms with van der Waals surface area (Å²) < 4.78 is 27.8. The van der Waals surface area contributed by atoms with E-state index in [-0.39, 0.29) is 10.9 Å². The molecule has 1 atom stereocenters. The Kier molecular flexibility index (Phi) is 3.51. The van der Waals surface area contributed by atoms with Crippen molar-refractivity contribution in [1.29, 1.82) is 0 Å². The summed E-state index contributed by atoms with van der Waals surface area (Å²) in [6, 6.07) is -0.0605. The quantitative estimate of drug-likeness (QED) is 0.834. The zero-order valence-electron chi connectivity index (χ0n) is 9.48. The first kappa shape index (κ1) is 12.2. The molecule has 0 aliphatic heterocycles. The predicted molar refractivity (Wildman–Crippen MR) is 58.0 cm³/mol. The second-order valence-corrected chi connectivity index (χ2v) is 5.37. The second kappa shape index (κ2) is 4.32. The Morgan fingerprint density at radius 1 is 1.60 bits per heavy atom. The number of hydrogen-bond acceptors (Lipinski definition) is 3. The van der Waals surface area contributed by atoms with Crippen molar-refractivity contribution in [1.82, 2.24) is 14.5 Å². The van der Waals surface area contributed by atoms with Crippen molar-refractivity contribution in [3.8, 4) is 0 Å². The van der Waals surface area contributed by atoms with Crippen LogP contribution in [0.5, 0.6) is 0 Å². The fourth-order valence-electron chi connectivity index (χ4n) is 1.25.